The zero-order valence-corrected chi connectivity index (χ0v) is 14.8. The van der Waals surface area contributed by atoms with E-state index in [-0.39, 0.29) is 40.6 Å². The summed E-state index contributed by atoms with van der Waals surface area (Å²) >= 11 is 0. The Labute approximate surface area is 177 Å². The van der Waals surface area contributed by atoms with Crippen molar-refractivity contribution in [3.05, 3.63) is 71.3 Å². The van der Waals surface area contributed by atoms with Gasteiger partial charge in [-0.3, -0.25) is 0 Å². The maximum absolute atomic E-state index is 4.62. The molecule has 0 aliphatic carbocycles. The predicted molar refractivity (Wildman–Crippen MR) is 101 cm³/mol. The van der Waals surface area contributed by atoms with E-state index in [0.29, 0.717) is 0 Å². The molecule has 0 aromatic carbocycles. The van der Waals surface area contributed by atoms with Gasteiger partial charge in [-0.15, -0.1) is 0 Å². The fraction of sp³-hybridized carbons (Fsp3) is 0. The van der Waals surface area contributed by atoms with Gasteiger partial charge in [0.1, 0.15) is 0 Å². The minimum Gasteiger partial charge on any atom is -1.00 e. The molecule has 0 radical (unpaired) electrons. The van der Waals surface area contributed by atoms with Crippen molar-refractivity contribution in [1.29, 1.82) is 0 Å². The monoisotopic (exact) mass is 326 g/mol. The molecule has 2 aliphatic heterocycles. The Kier molecular flexibility index (Phi) is 5.42. The number of fused-ring (bicyclic) bond motifs is 8. The van der Waals surface area contributed by atoms with Gasteiger partial charge >= 0.3 is 37.7 Å². The van der Waals surface area contributed by atoms with Crippen LogP contribution in [0.1, 0.15) is 25.6 Å². The van der Waals surface area contributed by atoms with Crippen molar-refractivity contribution in [3.63, 3.8) is 0 Å². The molecule has 118 valence electrons. The number of nitrogens with one attached hydrogen (secondary N) is 2. The molecule has 3 aromatic rings. The topological polar surface area (TPSA) is 57.4 Å². The first kappa shape index (κ1) is 18.6. The van der Waals surface area contributed by atoms with E-state index in [2.05, 4.69) is 50.3 Å². The number of aromatic amines is 2. The molecule has 0 saturated heterocycles. The molecular formula is C20H16Li2N4. The van der Waals surface area contributed by atoms with Crippen LogP contribution in [0.15, 0.2) is 48.5 Å². The van der Waals surface area contributed by atoms with Crippen LogP contribution in [-0.2, 0) is 0 Å². The molecule has 2 N–H and O–H groups in total. The summed E-state index contributed by atoms with van der Waals surface area (Å²) in [5, 5.41) is 0. The molecule has 0 spiro atoms. The van der Waals surface area contributed by atoms with Gasteiger partial charge in [0, 0.05) is 22.1 Å². The van der Waals surface area contributed by atoms with E-state index in [4.69, 9.17) is 0 Å². The molecule has 26 heavy (non-hydrogen) atoms. The maximum Gasteiger partial charge on any atom is 1.00 e. The third-order valence-corrected chi connectivity index (χ3v) is 4.04. The summed E-state index contributed by atoms with van der Waals surface area (Å²) in [5.74, 6) is 0. The third-order valence-electron chi connectivity index (χ3n) is 4.04. The molecule has 5 heterocycles. The molecule has 8 bridgehead atoms. The number of hydrogen-bond acceptors (Lipinski definition) is 2. The average molecular weight is 326 g/mol. The number of rotatable bonds is 0. The van der Waals surface area contributed by atoms with E-state index in [0.717, 1.165) is 44.8 Å². The van der Waals surface area contributed by atoms with Crippen LogP contribution < -0.4 is 37.7 Å². The molecule has 3 aromatic heterocycles. The Morgan fingerprint density at radius 1 is 0.500 bits per heavy atom. The third kappa shape index (κ3) is 3.80. The van der Waals surface area contributed by atoms with Crippen LogP contribution in [-0.4, -0.2) is 19.9 Å². The van der Waals surface area contributed by atoms with E-state index < -0.39 is 0 Å². The Morgan fingerprint density at radius 3 is 1.27 bits per heavy atom. The number of H-pyrrole nitrogens is 2. The first-order chi connectivity index (χ1) is 11.8. The van der Waals surface area contributed by atoms with E-state index in [9.17, 15) is 0 Å². The summed E-state index contributed by atoms with van der Waals surface area (Å²) in [6.45, 7) is 0. The minimum atomic E-state index is 0. The number of hydrogen-bond donors (Lipinski definition) is 2. The van der Waals surface area contributed by atoms with Crippen molar-refractivity contribution in [2.45, 2.75) is 0 Å². The normalized spacial score (nSPS) is 11.7. The Balaban J connectivity index is 0.000000980. The van der Waals surface area contributed by atoms with Gasteiger partial charge in [0.25, 0.3) is 0 Å². The Bertz CT molecular complexity index is 1090. The zero-order chi connectivity index (χ0) is 15.9. The quantitative estimate of drug-likeness (QED) is 0.355. The van der Waals surface area contributed by atoms with Crippen LogP contribution in [0, 0.1) is 0 Å². The van der Waals surface area contributed by atoms with E-state index in [1.807, 2.05) is 42.5 Å². The summed E-state index contributed by atoms with van der Waals surface area (Å²) in [6, 6.07) is 16.4. The van der Waals surface area contributed by atoms with Crippen LogP contribution in [0.2, 0.25) is 0 Å². The molecule has 6 heteroatoms. The number of nitrogens with zero attached hydrogens (tertiary/aromatic N) is 2. The van der Waals surface area contributed by atoms with Crippen molar-refractivity contribution in [2.75, 3.05) is 0 Å². The second-order valence-corrected chi connectivity index (χ2v) is 5.91. The average Bonchev–Trinajstić information content (AvgIpc) is 3.32. The van der Waals surface area contributed by atoms with Crippen LogP contribution in [0.25, 0.3) is 46.4 Å². The van der Waals surface area contributed by atoms with Gasteiger partial charge in [-0.2, -0.15) is 0 Å². The van der Waals surface area contributed by atoms with Crippen molar-refractivity contribution in [1.82, 2.24) is 19.9 Å². The Hall–Kier alpha value is -2.21. The van der Waals surface area contributed by atoms with Crippen LogP contribution in [0.3, 0.4) is 0 Å². The smallest absolute Gasteiger partial charge is 1.00 e. The van der Waals surface area contributed by atoms with Crippen molar-refractivity contribution in [2.24, 2.45) is 0 Å². The van der Waals surface area contributed by atoms with E-state index in [1.54, 1.807) is 0 Å². The molecule has 4 nitrogen and oxygen atoms in total. The molecule has 2 aliphatic rings. The molecule has 0 saturated carbocycles. The maximum atomic E-state index is 4.62. The van der Waals surface area contributed by atoms with Gasteiger partial charge in [-0.05, 0) is 72.8 Å². The largest absolute Gasteiger partial charge is 1.00 e. The van der Waals surface area contributed by atoms with E-state index in [1.165, 1.54) is 0 Å². The van der Waals surface area contributed by atoms with Crippen LogP contribution in [0.4, 0.5) is 0 Å². The van der Waals surface area contributed by atoms with Gasteiger partial charge in [0.2, 0.25) is 0 Å². The Morgan fingerprint density at radius 2 is 0.846 bits per heavy atom. The predicted octanol–water partition coefficient (Wildman–Crippen LogP) is -1.11. The van der Waals surface area contributed by atoms with Gasteiger partial charge < -0.3 is 12.8 Å². The van der Waals surface area contributed by atoms with Crippen molar-refractivity contribution in [3.8, 4) is 0 Å². The van der Waals surface area contributed by atoms with Crippen molar-refractivity contribution >= 4 is 46.4 Å². The standard InChI is InChI=1S/C20H14N4.2Li.2H/c1-2-14-10-16-5-6-18(23-16)12-20-8-7-19(24-20)11-17-4-3-15(22-17)9-13(1)21-14;;;;/h1-12,21-22H;;;;/q;2*+1;2*-1. The molecular weight excluding hydrogens is 310 g/mol. The summed E-state index contributed by atoms with van der Waals surface area (Å²) in [6.07, 6.45) is 8.05. The van der Waals surface area contributed by atoms with Crippen LogP contribution >= 0.6 is 0 Å². The second-order valence-electron chi connectivity index (χ2n) is 5.91. The summed E-state index contributed by atoms with van der Waals surface area (Å²) in [5.41, 5.74) is 7.86. The van der Waals surface area contributed by atoms with Gasteiger partial charge in [-0.1, -0.05) is 0 Å². The summed E-state index contributed by atoms with van der Waals surface area (Å²) in [7, 11) is 0. The molecule has 5 rings (SSSR count). The SMILES string of the molecule is C1=Cc2cc3ccc(cc4ccc(cc5nc(cc1n2)C=C5)[nH]4)[nH]3.[H-].[H-].[Li+].[Li+]. The molecule has 0 fully saturated rings. The van der Waals surface area contributed by atoms with Crippen LogP contribution in [0.5, 0.6) is 0 Å². The zero-order valence-electron chi connectivity index (χ0n) is 16.8. The minimum absolute atomic E-state index is 0. The van der Waals surface area contributed by atoms with E-state index >= 15 is 0 Å². The number of aromatic nitrogens is 4. The molecule has 0 unspecified atom stereocenters. The van der Waals surface area contributed by atoms with Crippen molar-refractivity contribution < 1.29 is 40.6 Å². The second kappa shape index (κ2) is 7.58. The summed E-state index contributed by atoms with van der Waals surface area (Å²) < 4.78 is 0. The van der Waals surface area contributed by atoms with Gasteiger partial charge in [0.05, 0.1) is 22.8 Å². The first-order valence-corrected chi connectivity index (χ1v) is 7.85. The first-order valence-electron chi connectivity index (χ1n) is 7.85. The fourth-order valence-electron chi connectivity index (χ4n) is 2.94. The molecule has 0 amide bonds. The fourth-order valence-corrected chi connectivity index (χ4v) is 2.94. The van der Waals surface area contributed by atoms with Gasteiger partial charge in [-0.25, -0.2) is 9.97 Å². The molecule has 0 atom stereocenters. The summed E-state index contributed by atoms with van der Waals surface area (Å²) in [4.78, 5) is 16.0. The van der Waals surface area contributed by atoms with Gasteiger partial charge in [0.15, 0.2) is 0 Å².